The third-order valence-electron chi connectivity index (χ3n) is 4.58. The van der Waals surface area contributed by atoms with Crippen LogP contribution in [0.5, 0.6) is 0 Å². The summed E-state index contributed by atoms with van der Waals surface area (Å²) in [5.74, 6) is 0.586. The van der Waals surface area contributed by atoms with Gasteiger partial charge in [-0.25, -0.2) is 0 Å². The van der Waals surface area contributed by atoms with Crippen molar-refractivity contribution in [3.05, 3.63) is 35.4 Å². The predicted octanol–water partition coefficient (Wildman–Crippen LogP) is 2.03. The maximum absolute atomic E-state index is 5.55. The summed E-state index contributed by atoms with van der Waals surface area (Å²) in [7, 11) is 1.84. The Morgan fingerprint density at radius 2 is 2.21 bits per heavy atom. The third kappa shape index (κ3) is 2.83. The van der Waals surface area contributed by atoms with E-state index in [-0.39, 0.29) is 0 Å². The van der Waals surface area contributed by atoms with E-state index in [1.165, 1.54) is 30.4 Å². The van der Waals surface area contributed by atoms with Gasteiger partial charge in [-0.2, -0.15) is 0 Å². The molecule has 1 fully saturated rings. The SMILES string of the molecule is COC1CCCC1NCC1CNCc2ccccc21. The van der Waals surface area contributed by atoms with E-state index in [9.17, 15) is 0 Å². The third-order valence-corrected chi connectivity index (χ3v) is 4.58. The molecule has 0 aromatic heterocycles. The molecule has 1 saturated carbocycles. The molecule has 19 heavy (non-hydrogen) atoms. The van der Waals surface area contributed by atoms with Gasteiger partial charge in [-0.15, -0.1) is 0 Å². The average molecular weight is 260 g/mol. The van der Waals surface area contributed by atoms with E-state index >= 15 is 0 Å². The lowest BCUT2D eigenvalue weighted by Crippen LogP contribution is -2.42. The van der Waals surface area contributed by atoms with Gasteiger partial charge in [0.15, 0.2) is 0 Å². The monoisotopic (exact) mass is 260 g/mol. The van der Waals surface area contributed by atoms with Crippen LogP contribution in [0.3, 0.4) is 0 Å². The Morgan fingerprint density at radius 3 is 3.11 bits per heavy atom. The second-order valence-corrected chi connectivity index (χ2v) is 5.75. The summed E-state index contributed by atoms with van der Waals surface area (Å²) in [6.45, 7) is 3.14. The minimum Gasteiger partial charge on any atom is -0.380 e. The lowest BCUT2D eigenvalue weighted by atomic mass is 9.90. The topological polar surface area (TPSA) is 33.3 Å². The van der Waals surface area contributed by atoms with Crippen LogP contribution in [0.2, 0.25) is 0 Å². The van der Waals surface area contributed by atoms with Gasteiger partial charge in [0.05, 0.1) is 6.10 Å². The first-order valence-corrected chi connectivity index (χ1v) is 7.43. The lowest BCUT2D eigenvalue weighted by Gasteiger charge is -2.29. The van der Waals surface area contributed by atoms with Crippen LogP contribution in [0.25, 0.3) is 0 Å². The molecule has 1 aromatic rings. The number of methoxy groups -OCH3 is 1. The number of ether oxygens (including phenoxy) is 1. The van der Waals surface area contributed by atoms with E-state index in [4.69, 9.17) is 4.74 Å². The fourth-order valence-electron chi connectivity index (χ4n) is 3.50. The fraction of sp³-hybridized carbons (Fsp3) is 0.625. The van der Waals surface area contributed by atoms with Crippen molar-refractivity contribution in [3.8, 4) is 0 Å². The van der Waals surface area contributed by atoms with Gasteiger partial charge in [-0.05, 0) is 30.4 Å². The van der Waals surface area contributed by atoms with Crippen LogP contribution < -0.4 is 10.6 Å². The van der Waals surface area contributed by atoms with E-state index in [0.29, 0.717) is 18.1 Å². The van der Waals surface area contributed by atoms with Gasteiger partial charge in [0.2, 0.25) is 0 Å². The van der Waals surface area contributed by atoms with Gasteiger partial charge in [0, 0.05) is 38.7 Å². The average Bonchev–Trinajstić information content (AvgIpc) is 2.92. The lowest BCUT2D eigenvalue weighted by molar-refractivity contribution is 0.0847. The van der Waals surface area contributed by atoms with E-state index in [1.807, 2.05) is 7.11 Å². The Hall–Kier alpha value is -0.900. The van der Waals surface area contributed by atoms with Gasteiger partial charge < -0.3 is 15.4 Å². The first-order valence-electron chi connectivity index (χ1n) is 7.43. The predicted molar refractivity (Wildman–Crippen MR) is 77.3 cm³/mol. The maximum Gasteiger partial charge on any atom is 0.0724 e. The Balaban J connectivity index is 1.62. The van der Waals surface area contributed by atoms with Crippen molar-refractivity contribution in [1.82, 2.24) is 10.6 Å². The Kier molecular flexibility index (Phi) is 4.16. The number of hydrogen-bond acceptors (Lipinski definition) is 3. The molecule has 1 aliphatic heterocycles. The molecule has 3 heteroatoms. The van der Waals surface area contributed by atoms with Crippen LogP contribution in [-0.2, 0) is 11.3 Å². The zero-order valence-corrected chi connectivity index (χ0v) is 11.7. The molecule has 1 aliphatic carbocycles. The van der Waals surface area contributed by atoms with Crippen LogP contribution >= 0.6 is 0 Å². The van der Waals surface area contributed by atoms with Gasteiger partial charge in [0.25, 0.3) is 0 Å². The highest BCUT2D eigenvalue weighted by molar-refractivity contribution is 5.32. The highest BCUT2D eigenvalue weighted by Crippen LogP contribution is 2.25. The molecule has 2 aliphatic rings. The fourth-order valence-corrected chi connectivity index (χ4v) is 3.50. The molecule has 3 rings (SSSR count). The highest BCUT2D eigenvalue weighted by atomic mass is 16.5. The number of hydrogen-bond donors (Lipinski definition) is 2. The van der Waals surface area contributed by atoms with Crippen LogP contribution in [0.1, 0.15) is 36.3 Å². The molecule has 3 unspecified atom stereocenters. The Morgan fingerprint density at radius 1 is 1.32 bits per heavy atom. The summed E-state index contributed by atoms with van der Waals surface area (Å²) >= 11 is 0. The van der Waals surface area contributed by atoms with Gasteiger partial charge in [-0.1, -0.05) is 24.3 Å². The van der Waals surface area contributed by atoms with Crippen molar-refractivity contribution >= 4 is 0 Å². The minimum absolute atomic E-state index is 0.409. The first-order chi connectivity index (χ1) is 9.38. The standard InChI is InChI=1S/C16H24N2O/c1-19-16-8-4-7-15(16)18-11-13-10-17-9-12-5-2-3-6-14(12)13/h2-3,5-6,13,15-18H,4,7-11H2,1H3. The van der Waals surface area contributed by atoms with Gasteiger partial charge >= 0.3 is 0 Å². The van der Waals surface area contributed by atoms with E-state index in [2.05, 4.69) is 34.9 Å². The second kappa shape index (κ2) is 6.04. The molecule has 3 atom stereocenters. The molecule has 0 saturated heterocycles. The molecule has 1 heterocycles. The summed E-state index contributed by atoms with van der Waals surface area (Å²) in [4.78, 5) is 0. The molecule has 0 radical (unpaired) electrons. The van der Waals surface area contributed by atoms with Crippen LogP contribution in [0.15, 0.2) is 24.3 Å². The van der Waals surface area contributed by atoms with Crippen LogP contribution in [-0.4, -0.2) is 32.3 Å². The van der Waals surface area contributed by atoms with Crippen molar-refractivity contribution in [2.45, 2.75) is 43.9 Å². The van der Waals surface area contributed by atoms with Crippen molar-refractivity contribution in [2.24, 2.45) is 0 Å². The summed E-state index contributed by atoms with van der Waals surface area (Å²) in [6.07, 6.45) is 4.15. The summed E-state index contributed by atoms with van der Waals surface area (Å²) in [5.41, 5.74) is 2.97. The van der Waals surface area contributed by atoms with Crippen molar-refractivity contribution in [3.63, 3.8) is 0 Å². The summed E-state index contributed by atoms with van der Waals surface area (Å²) < 4.78 is 5.55. The van der Waals surface area contributed by atoms with Crippen molar-refractivity contribution < 1.29 is 4.74 Å². The molecule has 3 nitrogen and oxygen atoms in total. The van der Waals surface area contributed by atoms with Gasteiger partial charge in [0.1, 0.15) is 0 Å². The molecular weight excluding hydrogens is 236 g/mol. The van der Waals surface area contributed by atoms with Crippen molar-refractivity contribution in [1.29, 1.82) is 0 Å². The minimum atomic E-state index is 0.409. The number of nitrogens with one attached hydrogen (secondary N) is 2. The first kappa shape index (κ1) is 13.1. The van der Waals surface area contributed by atoms with Crippen LogP contribution in [0.4, 0.5) is 0 Å². The highest BCUT2D eigenvalue weighted by Gasteiger charge is 2.28. The van der Waals surface area contributed by atoms with Crippen molar-refractivity contribution in [2.75, 3.05) is 20.2 Å². The van der Waals surface area contributed by atoms with E-state index < -0.39 is 0 Å². The molecule has 1 aromatic carbocycles. The quantitative estimate of drug-likeness (QED) is 0.869. The van der Waals surface area contributed by atoms with Gasteiger partial charge in [-0.3, -0.25) is 0 Å². The zero-order valence-electron chi connectivity index (χ0n) is 11.7. The second-order valence-electron chi connectivity index (χ2n) is 5.75. The Labute approximate surface area is 115 Å². The molecule has 0 amide bonds. The van der Waals surface area contributed by atoms with E-state index in [1.54, 1.807) is 0 Å². The molecular formula is C16H24N2O. The number of rotatable bonds is 4. The molecule has 104 valence electrons. The smallest absolute Gasteiger partial charge is 0.0724 e. The number of benzene rings is 1. The Bertz CT molecular complexity index is 421. The van der Waals surface area contributed by atoms with E-state index in [0.717, 1.165) is 19.6 Å². The largest absolute Gasteiger partial charge is 0.380 e. The molecule has 2 N–H and O–H groups in total. The molecule has 0 bridgehead atoms. The summed E-state index contributed by atoms with van der Waals surface area (Å²) in [5, 5.41) is 7.25. The maximum atomic E-state index is 5.55. The zero-order chi connectivity index (χ0) is 13.1. The van der Waals surface area contributed by atoms with Crippen LogP contribution in [0, 0.1) is 0 Å². The number of fused-ring (bicyclic) bond motifs is 1. The summed E-state index contributed by atoms with van der Waals surface area (Å²) in [6, 6.07) is 9.35. The normalized spacial score (nSPS) is 30.3. The molecule has 0 spiro atoms.